The predicted octanol–water partition coefficient (Wildman–Crippen LogP) is 1.89. The lowest BCUT2D eigenvalue weighted by Gasteiger charge is -2.13. The van der Waals surface area contributed by atoms with Crippen molar-refractivity contribution in [2.45, 2.75) is 26.1 Å². The highest BCUT2D eigenvalue weighted by atomic mass is 16.7. The molecule has 2 atom stereocenters. The minimum atomic E-state index is -0.535. The number of ether oxygens (including phenoxy) is 4. The maximum absolute atomic E-state index is 11.0. The largest absolute Gasteiger partial charge is 0.454 e. The van der Waals surface area contributed by atoms with Gasteiger partial charge in [-0.1, -0.05) is 17.9 Å². The molecule has 5 heteroatoms. The summed E-state index contributed by atoms with van der Waals surface area (Å²) in [6.07, 6.45) is 0.859. The molecule has 0 bridgehead atoms. The summed E-state index contributed by atoms with van der Waals surface area (Å²) >= 11 is 0. The van der Waals surface area contributed by atoms with Gasteiger partial charge in [-0.2, -0.15) is 0 Å². The lowest BCUT2D eigenvalue weighted by molar-refractivity contribution is -0.170. The van der Waals surface area contributed by atoms with Crippen LogP contribution in [0.2, 0.25) is 0 Å². The van der Waals surface area contributed by atoms with Gasteiger partial charge < -0.3 is 18.9 Å². The summed E-state index contributed by atoms with van der Waals surface area (Å²) < 4.78 is 21.0. The number of hydrogen-bond donors (Lipinski definition) is 0. The van der Waals surface area contributed by atoms with Gasteiger partial charge in [0.05, 0.1) is 12.5 Å². The highest BCUT2D eigenvalue weighted by molar-refractivity contribution is 5.66. The summed E-state index contributed by atoms with van der Waals surface area (Å²) in [5, 5.41) is 0. The Balaban J connectivity index is 1.61. The van der Waals surface area contributed by atoms with Gasteiger partial charge in [-0.15, -0.1) is 0 Å². The smallest absolute Gasteiger partial charge is 0.304 e. The molecule has 0 radical (unpaired) electrons. The van der Waals surface area contributed by atoms with Crippen molar-refractivity contribution in [2.24, 2.45) is 5.92 Å². The van der Waals surface area contributed by atoms with Crippen molar-refractivity contribution >= 4 is 5.97 Å². The maximum atomic E-state index is 11.0. The second kappa shape index (κ2) is 6.06. The van der Waals surface area contributed by atoms with Crippen molar-refractivity contribution in [1.29, 1.82) is 0 Å². The van der Waals surface area contributed by atoms with E-state index in [1.54, 1.807) is 0 Å². The Hall–Kier alpha value is -2.19. The maximum Gasteiger partial charge on any atom is 0.304 e. The molecule has 1 saturated heterocycles. The molecule has 21 heavy (non-hydrogen) atoms. The summed E-state index contributed by atoms with van der Waals surface area (Å²) in [4.78, 5) is 11.0. The molecule has 1 aromatic rings. The van der Waals surface area contributed by atoms with Gasteiger partial charge >= 0.3 is 5.97 Å². The fourth-order valence-electron chi connectivity index (χ4n) is 2.32. The third-order valence-corrected chi connectivity index (χ3v) is 3.34. The van der Waals surface area contributed by atoms with Crippen LogP contribution in [-0.2, 0) is 20.7 Å². The van der Waals surface area contributed by atoms with Crippen LogP contribution in [0, 0.1) is 17.8 Å². The van der Waals surface area contributed by atoms with E-state index in [9.17, 15) is 4.79 Å². The molecule has 0 N–H and O–H groups in total. The fourth-order valence-corrected chi connectivity index (χ4v) is 2.32. The number of carbonyl (C=O) groups is 1. The summed E-state index contributed by atoms with van der Waals surface area (Å²) in [6, 6.07) is 5.79. The molecule has 2 unspecified atom stereocenters. The lowest BCUT2D eigenvalue weighted by atomic mass is 10.1. The van der Waals surface area contributed by atoms with Crippen molar-refractivity contribution < 1.29 is 23.7 Å². The topological polar surface area (TPSA) is 54.0 Å². The SMILES string of the molecule is CC(=O)OC1OCCC1C#CCc1ccc2c(c1)OCO2. The van der Waals surface area contributed by atoms with Crippen molar-refractivity contribution in [3.8, 4) is 23.3 Å². The van der Waals surface area contributed by atoms with Gasteiger partial charge in [0.25, 0.3) is 0 Å². The molecule has 2 aliphatic heterocycles. The molecule has 2 heterocycles. The Kier molecular flexibility index (Phi) is 3.98. The number of esters is 1. The van der Waals surface area contributed by atoms with Crippen LogP contribution in [-0.4, -0.2) is 25.7 Å². The summed E-state index contributed by atoms with van der Waals surface area (Å²) in [7, 11) is 0. The van der Waals surface area contributed by atoms with E-state index < -0.39 is 6.29 Å². The van der Waals surface area contributed by atoms with Crippen LogP contribution in [0.15, 0.2) is 18.2 Å². The summed E-state index contributed by atoms with van der Waals surface area (Å²) in [5.74, 6) is 7.38. The number of rotatable bonds is 2. The second-order valence-corrected chi connectivity index (χ2v) is 4.93. The zero-order chi connectivity index (χ0) is 14.7. The highest BCUT2D eigenvalue weighted by Crippen LogP contribution is 2.32. The van der Waals surface area contributed by atoms with E-state index in [2.05, 4.69) is 11.8 Å². The molecule has 1 fully saturated rings. The van der Waals surface area contributed by atoms with E-state index in [1.807, 2.05) is 18.2 Å². The molecule has 3 rings (SSSR count). The van der Waals surface area contributed by atoms with Crippen LogP contribution in [0.1, 0.15) is 18.9 Å². The fraction of sp³-hybridized carbons (Fsp3) is 0.438. The minimum Gasteiger partial charge on any atom is -0.454 e. The van der Waals surface area contributed by atoms with Crippen LogP contribution in [0.5, 0.6) is 11.5 Å². The number of hydrogen-bond acceptors (Lipinski definition) is 5. The molecule has 0 aromatic heterocycles. The van der Waals surface area contributed by atoms with Gasteiger partial charge in [-0.3, -0.25) is 4.79 Å². The first-order chi connectivity index (χ1) is 10.2. The number of fused-ring (bicyclic) bond motifs is 1. The molecule has 0 saturated carbocycles. The first kappa shape index (κ1) is 13.8. The zero-order valence-corrected chi connectivity index (χ0v) is 11.8. The van der Waals surface area contributed by atoms with Crippen molar-refractivity contribution in [3.05, 3.63) is 23.8 Å². The standard InChI is InChI=1S/C16H16O5/c1-11(17)21-16-13(7-8-18-16)4-2-3-12-5-6-14-15(9-12)20-10-19-14/h5-6,9,13,16H,3,7-8,10H2,1H3. The van der Waals surface area contributed by atoms with Crippen LogP contribution in [0.25, 0.3) is 0 Å². The Bertz CT molecular complexity index is 598. The molecule has 2 aliphatic rings. The van der Waals surface area contributed by atoms with E-state index in [1.165, 1.54) is 6.92 Å². The summed E-state index contributed by atoms with van der Waals surface area (Å²) in [6.45, 7) is 2.22. The van der Waals surface area contributed by atoms with E-state index in [-0.39, 0.29) is 18.7 Å². The van der Waals surface area contributed by atoms with E-state index in [0.29, 0.717) is 13.0 Å². The molecule has 110 valence electrons. The normalized spacial score (nSPS) is 22.5. The molecule has 0 aliphatic carbocycles. The van der Waals surface area contributed by atoms with Crippen LogP contribution in [0.3, 0.4) is 0 Å². The van der Waals surface area contributed by atoms with Crippen molar-refractivity contribution in [3.63, 3.8) is 0 Å². The summed E-state index contributed by atoms with van der Waals surface area (Å²) in [5.41, 5.74) is 1.06. The molecule has 0 amide bonds. The molecule has 5 nitrogen and oxygen atoms in total. The third kappa shape index (κ3) is 3.29. The van der Waals surface area contributed by atoms with Crippen LogP contribution >= 0.6 is 0 Å². The van der Waals surface area contributed by atoms with Crippen molar-refractivity contribution in [2.75, 3.05) is 13.4 Å². The first-order valence-electron chi connectivity index (χ1n) is 6.88. The lowest BCUT2D eigenvalue weighted by Crippen LogP contribution is -2.21. The predicted molar refractivity (Wildman–Crippen MR) is 73.7 cm³/mol. The zero-order valence-electron chi connectivity index (χ0n) is 11.8. The van der Waals surface area contributed by atoms with Gasteiger partial charge in [0.2, 0.25) is 13.1 Å². The van der Waals surface area contributed by atoms with E-state index in [4.69, 9.17) is 18.9 Å². The quantitative estimate of drug-likeness (QED) is 0.614. The Morgan fingerprint density at radius 1 is 1.38 bits per heavy atom. The highest BCUT2D eigenvalue weighted by Gasteiger charge is 2.29. The van der Waals surface area contributed by atoms with Crippen LogP contribution in [0.4, 0.5) is 0 Å². The monoisotopic (exact) mass is 288 g/mol. The minimum absolute atomic E-state index is 0.0529. The Labute approximate surface area is 123 Å². The van der Waals surface area contributed by atoms with Gasteiger partial charge in [-0.05, 0) is 24.1 Å². The average molecular weight is 288 g/mol. The molecule has 1 aromatic carbocycles. The van der Waals surface area contributed by atoms with Crippen LogP contribution < -0.4 is 9.47 Å². The molecular weight excluding hydrogens is 272 g/mol. The second-order valence-electron chi connectivity index (χ2n) is 4.93. The Morgan fingerprint density at radius 2 is 2.24 bits per heavy atom. The number of carbonyl (C=O) groups excluding carboxylic acids is 1. The van der Waals surface area contributed by atoms with Crippen molar-refractivity contribution in [1.82, 2.24) is 0 Å². The van der Waals surface area contributed by atoms with E-state index in [0.717, 1.165) is 23.5 Å². The van der Waals surface area contributed by atoms with E-state index >= 15 is 0 Å². The van der Waals surface area contributed by atoms with Gasteiger partial charge in [0.15, 0.2) is 11.5 Å². The first-order valence-corrected chi connectivity index (χ1v) is 6.88. The number of benzene rings is 1. The van der Waals surface area contributed by atoms with Gasteiger partial charge in [0.1, 0.15) is 0 Å². The van der Waals surface area contributed by atoms with Gasteiger partial charge in [-0.25, -0.2) is 0 Å². The molecule has 0 spiro atoms. The average Bonchev–Trinajstić information content (AvgIpc) is 3.07. The third-order valence-electron chi connectivity index (χ3n) is 3.34. The van der Waals surface area contributed by atoms with Gasteiger partial charge in [0, 0.05) is 13.3 Å². The molecular formula is C16H16O5. The Morgan fingerprint density at radius 3 is 3.10 bits per heavy atom.